The maximum atomic E-state index is 14.4. The molecule has 2 atom stereocenters. The lowest BCUT2D eigenvalue weighted by Crippen LogP contribution is -2.55. The van der Waals surface area contributed by atoms with Crippen LogP contribution < -0.4 is 21.0 Å². The molecule has 0 spiro atoms. The van der Waals surface area contributed by atoms with Crippen molar-refractivity contribution in [2.75, 3.05) is 36.0 Å². The smallest absolute Gasteiger partial charge is 0.280 e. The number of halogens is 2. The summed E-state index contributed by atoms with van der Waals surface area (Å²) in [5, 5.41) is 0.588. The van der Waals surface area contributed by atoms with Gasteiger partial charge in [-0.2, -0.15) is 0 Å². The number of nitrogens with two attached hydrogens (primary N) is 1. The van der Waals surface area contributed by atoms with Gasteiger partial charge in [0.25, 0.3) is 5.92 Å². The van der Waals surface area contributed by atoms with Crippen molar-refractivity contribution in [3.8, 4) is 0 Å². The highest BCUT2D eigenvalue weighted by Gasteiger charge is 2.42. The zero-order chi connectivity index (χ0) is 31.0. The highest BCUT2D eigenvalue weighted by Crippen LogP contribution is 2.31. The molecule has 5 heterocycles. The lowest BCUT2D eigenvalue weighted by Gasteiger charge is -2.40. The van der Waals surface area contributed by atoms with Crippen LogP contribution in [-0.4, -0.2) is 63.6 Å². The normalized spacial score (nSPS) is 20.4. The molecule has 10 heteroatoms. The van der Waals surface area contributed by atoms with Crippen LogP contribution in [0, 0.1) is 13.8 Å². The van der Waals surface area contributed by atoms with Crippen molar-refractivity contribution in [3.05, 3.63) is 93.8 Å². The van der Waals surface area contributed by atoms with Gasteiger partial charge in [0.1, 0.15) is 0 Å². The number of benzene rings is 1. The monoisotopic (exact) mass is 601 g/mol. The van der Waals surface area contributed by atoms with Crippen LogP contribution in [0.15, 0.2) is 65.8 Å². The third kappa shape index (κ3) is 6.32. The number of piperidine rings is 2. The van der Waals surface area contributed by atoms with Crippen LogP contribution in [0.1, 0.15) is 41.8 Å². The molecule has 4 aromatic rings. The molecule has 3 aromatic heterocycles. The van der Waals surface area contributed by atoms with Crippen molar-refractivity contribution >= 4 is 22.3 Å². The van der Waals surface area contributed by atoms with Gasteiger partial charge in [-0.1, -0.05) is 0 Å². The van der Waals surface area contributed by atoms with E-state index in [1.165, 1.54) is 0 Å². The number of fused-ring (bicyclic) bond motifs is 1. The molecule has 8 nitrogen and oxygen atoms in total. The highest BCUT2D eigenvalue weighted by atomic mass is 19.3. The summed E-state index contributed by atoms with van der Waals surface area (Å²) in [6, 6.07) is 12.8. The number of aromatic nitrogens is 3. The summed E-state index contributed by atoms with van der Waals surface area (Å²) in [5.74, 6) is -2.95. The number of hydrogen-bond donors (Lipinski definition) is 1. The van der Waals surface area contributed by atoms with Crippen molar-refractivity contribution in [1.82, 2.24) is 19.4 Å². The van der Waals surface area contributed by atoms with Gasteiger partial charge in [-0.25, -0.2) is 8.78 Å². The van der Waals surface area contributed by atoms with E-state index in [9.17, 15) is 13.6 Å². The third-order valence-electron chi connectivity index (χ3n) is 9.16. The molecule has 2 unspecified atom stereocenters. The van der Waals surface area contributed by atoms with E-state index in [0.29, 0.717) is 36.3 Å². The van der Waals surface area contributed by atoms with E-state index < -0.39 is 18.5 Å². The molecular weight excluding hydrogens is 560 g/mol. The van der Waals surface area contributed by atoms with E-state index in [1.807, 2.05) is 62.3 Å². The van der Waals surface area contributed by atoms with Crippen LogP contribution in [-0.2, 0) is 20.1 Å². The zero-order valence-electron chi connectivity index (χ0n) is 25.7. The van der Waals surface area contributed by atoms with Crippen molar-refractivity contribution < 1.29 is 8.78 Å². The predicted molar refractivity (Wildman–Crippen MR) is 171 cm³/mol. The fourth-order valence-electron chi connectivity index (χ4n) is 6.63. The van der Waals surface area contributed by atoms with Crippen LogP contribution in [0.4, 0.5) is 20.2 Å². The van der Waals surface area contributed by atoms with Crippen LogP contribution in [0.2, 0.25) is 0 Å². The van der Waals surface area contributed by atoms with Gasteiger partial charge in [0, 0.05) is 86.2 Å². The molecule has 0 saturated carbocycles. The van der Waals surface area contributed by atoms with Crippen LogP contribution in [0.3, 0.4) is 0 Å². The summed E-state index contributed by atoms with van der Waals surface area (Å²) in [5.41, 5.74) is 12.0. The van der Waals surface area contributed by atoms with E-state index >= 15 is 0 Å². The number of alkyl halides is 2. The Morgan fingerprint density at radius 2 is 1.80 bits per heavy atom. The topological polar surface area (TPSA) is 83.5 Å². The number of rotatable bonds is 7. The quantitative estimate of drug-likeness (QED) is 0.326. The minimum Gasteiger partial charge on any atom is -0.369 e. The van der Waals surface area contributed by atoms with Crippen molar-refractivity contribution in [3.63, 3.8) is 0 Å². The summed E-state index contributed by atoms with van der Waals surface area (Å²) in [4.78, 5) is 29.3. The Morgan fingerprint density at radius 3 is 2.55 bits per heavy atom. The van der Waals surface area contributed by atoms with Crippen molar-refractivity contribution in [2.45, 2.75) is 64.2 Å². The molecular formula is C34H41F2N7O. The molecule has 44 heavy (non-hydrogen) atoms. The summed E-state index contributed by atoms with van der Waals surface area (Å²) in [6.45, 7) is 7.02. The van der Waals surface area contributed by atoms with E-state index in [1.54, 1.807) is 17.0 Å². The van der Waals surface area contributed by atoms with Crippen molar-refractivity contribution in [2.24, 2.45) is 12.8 Å². The maximum absolute atomic E-state index is 14.4. The third-order valence-corrected chi connectivity index (χ3v) is 9.16. The molecule has 2 saturated heterocycles. The Labute approximate surface area is 257 Å². The second-order valence-corrected chi connectivity index (χ2v) is 12.5. The molecule has 0 radical (unpaired) electrons. The summed E-state index contributed by atoms with van der Waals surface area (Å²) in [7, 11) is 1.92. The van der Waals surface area contributed by atoms with E-state index in [0.717, 1.165) is 54.1 Å². The Balaban J connectivity index is 1.30. The highest BCUT2D eigenvalue weighted by molar-refractivity contribution is 5.83. The Morgan fingerprint density at radius 1 is 0.977 bits per heavy atom. The Kier molecular flexibility index (Phi) is 8.39. The zero-order valence-corrected chi connectivity index (χ0v) is 25.7. The first-order valence-electron chi connectivity index (χ1n) is 15.4. The maximum Gasteiger partial charge on any atom is 0.280 e. The molecule has 2 aliphatic rings. The first kappa shape index (κ1) is 30.1. The van der Waals surface area contributed by atoms with E-state index in [2.05, 4.69) is 31.9 Å². The molecule has 0 aliphatic carbocycles. The van der Waals surface area contributed by atoms with Gasteiger partial charge in [0.05, 0.1) is 30.0 Å². The molecule has 2 aliphatic heterocycles. The number of anilines is 2. The molecule has 0 bridgehead atoms. The van der Waals surface area contributed by atoms with Gasteiger partial charge in [-0.15, -0.1) is 0 Å². The Hall–Kier alpha value is -3.89. The van der Waals surface area contributed by atoms with Gasteiger partial charge in [-0.3, -0.25) is 19.7 Å². The van der Waals surface area contributed by atoms with E-state index in [4.69, 9.17) is 5.73 Å². The average molecular weight is 602 g/mol. The lowest BCUT2D eigenvalue weighted by molar-refractivity contribution is -0.0299. The lowest BCUT2D eigenvalue weighted by atomic mass is 10.0. The minimum absolute atomic E-state index is 0.0260. The summed E-state index contributed by atoms with van der Waals surface area (Å²) >= 11 is 0. The second kappa shape index (κ2) is 12.2. The molecule has 6 rings (SSSR count). The minimum atomic E-state index is -2.95. The van der Waals surface area contributed by atoms with Gasteiger partial charge >= 0.3 is 0 Å². The molecule has 0 amide bonds. The summed E-state index contributed by atoms with van der Waals surface area (Å²) < 4.78 is 30.7. The molecule has 1 aromatic carbocycles. The van der Waals surface area contributed by atoms with Crippen LogP contribution in [0.5, 0.6) is 0 Å². The number of nitrogens with zero attached hydrogens (tertiary/aromatic N) is 6. The summed E-state index contributed by atoms with van der Waals surface area (Å²) in [6.07, 6.45) is 7.98. The molecule has 2 N–H and O–H groups in total. The number of pyridine rings is 3. The Bertz CT molecular complexity index is 1690. The SMILES string of the molecule is Cc1ccc(N2CCCC(N(Cc3ccnc(C)c3)Cc3cn(C)c4cc(N5CCC(N)C(F)(F)C5)ccc4c3=O)C2)cn1. The fourth-order valence-corrected chi connectivity index (χ4v) is 6.63. The fraction of sp³-hybridized carbons (Fsp3) is 0.441. The largest absolute Gasteiger partial charge is 0.369 e. The van der Waals surface area contributed by atoms with Crippen LogP contribution >= 0.6 is 0 Å². The van der Waals surface area contributed by atoms with Crippen LogP contribution in [0.25, 0.3) is 10.9 Å². The number of aryl methyl sites for hydroxylation is 3. The predicted octanol–water partition coefficient (Wildman–Crippen LogP) is 4.79. The van der Waals surface area contributed by atoms with Crippen molar-refractivity contribution in [1.29, 1.82) is 0 Å². The van der Waals surface area contributed by atoms with Gasteiger partial charge in [0.15, 0.2) is 5.43 Å². The number of hydrogen-bond acceptors (Lipinski definition) is 7. The first-order valence-corrected chi connectivity index (χ1v) is 15.4. The first-order chi connectivity index (χ1) is 21.1. The van der Waals surface area contributed by atoms with E-state index in [-0.39, 0.29) is 17.9 Å². The second-order valence-electron chi connectivity index (χ2n) is 12.5. The van der Waals surface area contributed by atoms with Gasteiger partial charge in [0.2, 0.25) is 0 Å². The molecule has 232 valence electrons. The average Bonchev–Trinajstić information content (AvgIpc) is 3.01. The van der Waals surface area contributed by atoms with Gasteiger partial charge in [-0.05, 0) is 81.1 Å². The molecule has 2 fully saturated rings. The standard InChI is InChI=1S/C34H41F2N7O/c1-23-6-7-28(17-39-23)41-13-4-5-29(21-41)43(18-25-10-12-38-24(2)15-25)20-26-19-40(3)31-16-27(8-9-30(31)33(26)44)42-14-11-32(37)34(35,36)22-42/h6-10,12,15-17,19,29,32H,4-5,11,13-14,18,20-22,37H2,1-3H3. The van der Waals surface area contributed by atoms with Gasteiger partial charge < -0.3 is 20.1 Å².